The molecular formula is C12H11BrN2O. The van der Waals surface area contributed by atoms with Crippen molar-refractivity contribution in [2.24, 2.45) is 0 Å². The van der Waals surface area contributed by atoms with Crippen LogP contribution in [0.2, 0.25) is 0 Å². The highest BCUT2D eigenvalue weighted by atomic mass is 79.9. The van der Waals surface area contributed by atoms with Gasteiger partial charge in [-0.05, 0) is 40.2 Å². The lowest BCUT2D eigenvalue weighted by Gasteiger charge is -2.09. The van der Waals surface area contributed by atoms with Gasteiger partial charge in [-0.25, -0.2) is 4.98 Å². The highest BCUT2D eigenvalue weighted by Gasteiger charge is 2.02. The van der Waals surface area contributed by atoms with Gasteiger partial charge in [0.25, 0.3) is 0 Å². The Kier molecular flexibility index (Phi) is 3.41. The van der Waals surface area contributed by atoms with Crippen molar-refractivity contribution in [2.45, 2.75) is 0 Å². The van der Waals surface area contributed by atoms with E-state index in [1.807, 2.05) is 42.5 Å². The van der Waals surface area contributed by atoms with Gasteiger partial charge in [-0.3, -0.25) is 0 Å². The van der Waals surface area contributed by atoms with Gasteiger partial charge in [0.2, 0.25) is 0 Å². The molecule has 1 heterocycles. The number of para-hydroxylation sites is 2. The fourth-order valence-electron chi connectivity index (χ4n) is 1.36. The van der Waals surface area contributed by atoms with Crippen molar-refractivity contribution < 1.29 is 4.74 Å². The average Bonchev–Trinajstić information content (AvgIpc) is 2.30. The first kappa shape index (κ1) is 11.0. The number of anilines is 2. The molecule has 1 aromatic heterocycles. The predicted octanol–water partition coefficient (Wildman–Crippen LogP) is 3.60. The third-order valence-electron chi connectivity index (χ3n) is 2.08. The summed E-state index contributed by atoms with van der Waals surface area (Å²) in [6.07, 6.45) is 0. The van der Waals surface area contributed by atoms with Crippen LogP contribution in [0.4, 0.5) is 11.5 Å². The zero-order valence-corrected chi connectivity index (χ0v) is 10.4. The first-order valence-corrected chi connectivity index (χ1v) is 5.61. The summed E-state index contributed by atoms with van der Waals surface area (Å²) in [5, 5.41) is 3.20. The normalized spacial score (nSPS) is 9.88. The molecule has 0 aliphatic heterocycles. The number of rotatable bonds is 3. The van der Waals surface area contributed by atoms with Gasteiger partial charge in [0.15, 0.2) is 0 Å². The molecule has 0 aliphatic rings. The zero-order chi connectivity index (χ0) is 11.4. The highest BCUT2D eigenvalue weighted by molar-refractivity contribution is 9.10. The molecule has 0 saturated carbocycles. The van der Waals surface area contributed by atoms with Crippen molar-refractivity contribution in [3.05, 3.63) is 47.1 Å². The average molecular weight is 279 g/mol. The molecule has 0 aliphatic carbocycles. The van der Waals surface area contributed by atoms with E-state index in [4.69, 9.17) is 4.74 Å². The largest absolute Gasteiger partial charge is 0.495 e. The van der Waals surface area contributed by atoms with Gasteiger partial charge in [-0.15, -0.1) is 0 Å². The number of halogens is 1. The molecule has 1 N–H and O–H groups in total. The number of hydrogen-bond donors (Lipinski definition) is 1. The maximum Gasteiger partial charge on any atom is 0.142 e. The minimum Gasteiger partial charge on any atom is -0.495 e. The quantitative estimate of drug-likeness (QED) is 0.872. The van der Waals surface area contributed by atoms with Crippen molar-refractivity contribution in [2.75, 3.05) is 12.4 Å². The van der Waals surface area contributed by atoms with Crippen molar-refractivity contribution in [3.63, 3.8) is 0 Å². The standard InChI is InChI=1S/C12H11BrN2O/c1-16-10-6-3-2-5-9(10)14-12-8-4-7-11(13)15-12/h2-8H,1H3,(H,14,15). The summed E-state index contributed by atoms with van der Waals surface area (Å²) in [4.78, 5) is 4.29. The number of hydrogen-bond acceptors (Lipinski definition) is 3. The van der Waals surface area contributed by atoms with E-state index in [1.54, 1.807) is 7.11 Å². The molecule has 16 heavy (non-hydrogen) atoms. The van der Waals surface area contributed by atoms with Crippen LogP contribution in [0.3, 0.4) is 0 Å². The Morgan fingerprint density at radius 3 is 2.69 bits per heavy atom. The zero-order valence-electron chi connectivity index (χ0n) is 8.77. The van der Waals surface area contributed by atoms with Gasteiger partial charge in [0, 0.05) is 0 Å². The van der Waals surface area contributed by atoms with E-state index in [9.17, 15) is 0 Å². The summed E-state index contributed by atoms with van der Waals surface area (Å²) in [7, 11) is 1.65. The van der Waals surface area contributed by atoms with Gasteiger partial charge in [-0.2, -0.15) is 0 Å². The molecular weight excluding hydrogens is 268 g/mol. The topological polar surface area (TPSA) is 34.1 Å². The van der Waals surface area contributed by atoms with Crippen molar-refractivity contribution in [3.8, 4) is 5.75 Å². The minimum atomic E-state index is 0.777. The predicted molar refractivity (Wildman–Crippen MR) is 68.2 cm³/mol. The highest BCUT2D eigenvalue weighted by Crippen LogP contribution is 2.26. The summed E-state index contributed by atoms with van der Waals surface area (Å²) >= 11 is 3.33. The minimum absolute atomic E-state index is 0.777. The van der Waals surface area contributed by atoms with Crippen LogP contribution in [0.15, 0.2) is 47.1 Å². The molecule has 0 unspecified atom stereocenters. The van der Waals surface area contributed by atoms with Crippen LogP contribution in [-0.4, -0.2) is 12.1 Å². The van der Waals surface area contributed by atoms with Gasteiger partial charge >= 0.3 is 0 Å². The first-order chi connectivity index (χ1) is 7.79. The Labute approximate surface area is 103 Å². The lowest BCUT2D eigenvalue weighted by molar-refractivity contribution is 0.417. The van der Waals surface area contributed by atoms with Crippen LogP contribution in [0.25, 0.3) is 0 Å². The maximum absolute atomic E-state index is 5.25. The number of nitrogens with zero attached hydrogens (tertiary/aromatic N) is 1. The summed E-state index contributed by atoms with van der Waals surface area (Å²) < 4.78 is 6.04. The molecule has 82 valence electrons. The van der Waals surface area contributed by atoms with E-state index in [2.05, 4.69) is 26.2 Å². The van der Waals surface area contributed by atoms with Crippen molar-refractivity contribution >= 4 is 27.4 Å². The van der Waals surface area contributed by atoms with Gasteiger partial charge in [0.05, 0.1) is 12.8 Å². The molecule has 0 fully saturated rings. The van der Waals surface area contributed by atoms with Crippen LogP contribution in [0, 0.1) is 0 Å². The number of ether oxygens (including phenoxy) is 1. The fraction of sp³-hybridized carbons (Fsp3) is 0.0833. The van der Waals surface area contributed by atoms with Gasteiger partial charge in [0.1, 0.15) is 16.2 Å². The second-order valence-corrected chi connectivity index (χ2v) is 3.98. The third kappa shape index (κ3) is 2.52. The molecule has 0 atom stereocenters. The summed E-state index contributed by atoms with van der Waals surface area (Å²) in [6.45, 7) is 0. The Hall–Kier alpha value is -1.55. The molecule has 0 spiro atoms. The van der Waals surface area contributed by atoms with Crippen LogP contribution in [0.1, 0.15) is 0 Å². The Morgan fingerprint density at radius 2 is 1.94 bits per heavy atom. The smallest absolute Gasteiger partial charge is 0.142 e. The van der Waals surface area contributed by atoms with E-state index in [1.165, 1.54) is 0 Å². The van der Waals surface area contributed by atoms with Gasteiger partial charge in [-0.1, -0.05) is 18.2 Å². The van der Waals surface area contributed by atoms with Crippen molar-refractivity contribution in [1.29, 1.82) is 0 Å². The maximum atomic E-state index is 5.25. The number of aromatic nitrogens is 1. The molecule has 0 amide bonds. The molecule has 1 aromatic carbocycles. The second-order valence-electron chi connectivity index (χ2n) is 3.17. The fourth-order valence-corrected chi connectivity index (χ4v) is 1.71. The van der Waals surface area contributed by atoms with E-state index >= 15 is 0 Å². The van der Waals surface area contributed by atoms with E-state index in [0.717, 1.165) is 21.9 Å². The van der Waals surface area contributed by atoms with Crippen molar-refractivity contribution in [1.82, 2.24) is 4.98 Å². The van der Waals surface area contributed by atoms with Crippen LogP contribution in [0.5, 0.6) is 5.75 Å². The number of benzene rings is 1. The van der Waals surface area contributed by atoms with E-state index in [-0.39, 0.29) is 0 Å². The molecule has 2 aromatic rings. The third-order valence-corrected chi connectivity index (χ3v) is 2.53. The lowest BCUT2D eigenvalue weighted by atomic mass is 10.3. The summed E-state index contributed by atoms with van der Waals surface area (Å²) in [5.74, 6) is 1.57. The van der Waals surface area contributed by atoms with Crippen LogP contribution in [-0.2, 0) is 0 Å². The Morgan fingerprint density at radius 1 is 1.12 bits per heavy atom. The lowest BCUT2D eigenvalue weighted by Crippen LogP contribution is -1.96. The Bertz CT molecular complexity index is 488. The van der Waals surface area contributed by atoms with Crippen LogP contribution >= 0.6 is 15.9 Å². The van der Waals surface area contributed by atoms with Gasteiger partial charge < -0.3 is 10.1 Å². The van der Waals surface area contributed by atoms with E-state index in [0.29, 0.717) is 0 Å². The second kappa shape index (κ2) is 4.99. The molecule has 0 radical (unpaired) electrons. The first-order valence-electron chi connectivity index (χ1n) is 4.82. The molecule has 4 heteroatoms. The van der Waals surface area contributed by atoms with Crippen LogP contribution < -0.4 is 10.1 Å². The summed E-state index contributed by atoms with van der Waals surface area (Å²) in [5.41, 5.74) is 0.899. The number of methoxy groups -OCH3 is 1. The Balaban J connectivity index is 2.26. The molecule has 0 saturated heterocycles. The SMILES string of the molecule is COc1ccccc1Nc1cccc(Br)n1. The number of nitrogens with one attached hydrogen (secondary N) is 1. The molecule has 3 nitrogen and oxygen atoms in total. The monoisotopic (exact) mass is 278 g/mol. The summed E-state index contributed by atoms with van der Waals surface area (Å²) in [6, 6.07) is 13.4. The number of pyridine rings is 1. The molecule has 0 bridgehead atoms. The molecule has 2 rings (SSSR count). The van der Waals surface area contributed by atoms with E-state index < -0.39 is 0 Å².